The van der Waals surface area contributed by atoms with Crippen molar-refractivity contribution in [2.45, 2.75) is 26.8 Å². The molecule has 21 heavy (non-hydrogen) atoms. The number of aromatic nitrogens is 2. The van der Waals surface area contributed by atoms with Gasteiger partial charge in [-0.2, -0.15) is 10.2 Å². The molecule has 0 aliphatic carbocycles. The molecule has 1 aromatic carbocycles. The Morgan fingerprint density at radius 2 is 2.05 bits per heavy atom. The second kappa shape index (κ2) is 6.30. The number of nitrogens with zero attached hydrogens (tertiary/aromatic N) is 2. The lowest BCUT2D eigenvalue weighted by Crippen LogP contribution is -2.31. The number of hydrogen-bond acceptors (Lipinski definition) is 3. The molecule has 0 bridgehead atoms. The van der Waals surface area contributed by atoms with Crippen molar-refractivity contribution in [1.82, 2.24) is 15.5 Å². The van der Waals surface area contributed by atoms with Crippen LogP contribution in [0.25, 0.3) is 0 Å². The Bertz CT molecular complexity index is 660. The van der Waals surface area contributed by atoms with Gasteiger partial charge in [0.25, 0.3) is 0 Å². The van der Waals surface area contributed by atoms with Gasteiger partial charge < -0.3 is 10.6 Å². The van der Waals surface area contributed by atoms with Crippen LogP contribution in [0.3, 0.4) is 0 Å². The number of hydrogen-bond donors (Lipinski definition) is 2. The minimum Gasteiger partial charge on any atom is -0.331 e. The summed E-state index contributed by atoms with van der Waals surface area (Å²) in [5, 5.41) is 13.1. The SMILES string of the molecule is Cc1cc(F)ccc1[C@H](C)NC(=O)Nc1ccnnc1C. The van der Waals surface area contributed by atoms with Crippen LogP contribution in [0.1, 0.15) is 29.8 Å². The maximum absolute atomic E-state index is 13.1. The van der Waals surface area contributed by atoms with Crippen LogP contribution in [-0.2, 0) is 0 Å². The average Bonchev–Trinajstić information content (AvgIpc) is 2.41. The predicted octanol–water partition coefficient (Wildman–Crippen LogP) is 3.12. The third-order valence-corrected chi connectivity index (χ3v) is 3.20. The third kappa shape index (κ3) is 3.75. The summed E-state index contributed by atoms with van der Waals surface area (Å²) >= 11 is 0. The lowest BCUT2D eigenvalue weighted by molar-refractivity contribution is 0.249. The molecule has 2 aromatic rings. The zero-order chi connectivity index (χ0) is 15.4. The highest BCUT2D eigenvalue weighted by atomic mass is 19.1. The minimum atomic E-state index is -0.345. The van der Waals surface area contributed by atoms with E-state index in [2.05, 4.69) is 20.8 Å². The molecule has 5 nitrogen and oxygen atoms in total. The fraction of sp³-hybridized carbons (Fsp3) is 0.267. The summed E-state index contributed by atoms with van der Waals surface area (Å²) < 4.78 is 13.1. The second-order valence-electron chi connectivity index (χ2n) is 4.85. The van der Waals surface area contributed by atoms with Gasteiger partial charge in [0.1, 0.15) is 5.82 Å². The van der Waals surface area contributed by atoms with E-state index < -0.39 is 0 Å². The molecule has 2 rings (SSSR count). The molecule has 2 N–H and O–H groups in total. The van der Waals surface area contributed by atoms with Gasteiger partial charge >= 0.3 is 6.03 Å². The van der Waals surface area contributed by atoms with Crippen molar-refractivity contribution in [2.24, 2.45) is 0 Å². The van der Waals surface area contributed by atoms with Crippen molar-refractivity contribution in [3.05, 3.63) is 53.1 Å². The molecule has 2 amide bonds. The maximum atomic E-state index is 13.1. The molecule has 0 radical (unpaired) electrons. The van der Waals surface area contributed by atoms with Crippen LogP contribution in [0.5, 0.6) is 0 Å². The number of anilines is 1. The van der Waals surface area contributed by atoms with Crippen molar-refractivity contribution >= 4 is 11.7 Å². The number of carbonyl (C=O) groups is 1. The molecule has 0 unspecified atom stereocenters. The molecule has 0 saturated carbocycles. The van der Waals surface area contributed by atoms with Gasteiger partial charge in [0, 0.05) is 0 Å². The van der Waals surface area contributed by atoms with E-state index in [4.69, 9.17) is 0 Å². The topological polar surface area (TPSA) is 66.9 Å². The monoisotopic (exact) mass is 288 g/mol. The van der Waals surface area contributed by atoms with Crippen LogP contribution < -0.4 is 10.6 Å². The first-order valence-electron chi connectivity index (χ1n) is 6.59. The number of rotatable bonds is 3. The number of benzene rings is 1. The van der Waals surface area contributed by atoms with E-state index in [1.54, 1.807) is 19.1 Å². The van der Waals surface area contributed by atoms with Crippen molar-refractivity contribution in [1.29, 1.82) is 0 Å². The normalized spacial score (nSPS) is 11.8. The molecular weight excluding hydrogens is 271 g/mol. The first kappa shape index (κ1) is 14.9. The van der Waals surface area contributed by atoms with E-state index in [-0.39, 0.29) is 17.9 Å². The maximum Gasteiger partial charge on any atom is 0.319 e. The summed E-state index contributed by atoms with van der Waals surface area (Å²) in [6, 6.07) is 5.60. The highest BCUT2D eigenvalue weighted by Gasteiger charge is 2.13. The number of amides is 2. The largest absolute Gasteiger partial charge is 0.331 e. The molecule has 0 aliphatic rings. The number of carbonyl (C=O) groups excluding carboxylic acids is 1. The van der Waals surface area contributed by atoms with Crippen LogP contribution in [0.2, 0.25) is 0 Å². The summed E-state index contributed by atoms with van der Waals surface area (Å²) in [6.45, 7) is 5.42. The van der Waals surface area contributed by atoms with Gasteiger partial charge in [-0.25, -0.2) is 9.18 Å². The van der Waals surface area contributed by atoms with E-state index in [1.807, 2.05) is 13.8 Å². The predicted molar refractivity (Wildman–Crippen MR) is 78.5 cm³/mol. The highest BCUT2D eigenvalue weighted by molar-refractivity contribution is 5.89. The molecule has 1 heterocycles. The van der Waals surface area contributed by atoms with Crippen molar-refractivity contribution in [3.63, 3.8) is 0 Å². The second-order valence-corrected chi connectivity index (χ2v) is 4.85. The Kier molecular flexibility index (Phi) is 4.47. The van der Waals surface area contributed by atoms with Crippen LogP contribution >= 0.6 is 0 Å². The average molecular weight is 288 g/mol. The third-order valence-electron chi connectivity index (χ3n) is 3.20. The zero-order valence-electron chi connectivity index (χ0n) is 12.1. The van der Waals surface area contributed by atoms with E-state index in [9.17, 15) is 9.18 Å². The Morgan fingerprint density at radius 1 is 1.29 bits per heavy atom. The molecule has 1 aromatic heterocycles. The van der Waals surface area contributed by atoms with Crippen LogP contribution in [0.4, 0.5) is 14.9 Å². The quantitative estimate of drug-likeness (QED) is 0.912. The summed E-state index contributed by atoms with van der Waals surface area (Å²) in [4.78, 5) is 12.0. The number of urea groups is 1. The Labute approximate surface area is 122 Å². The number of halogens is 1. The fourth-order valence-corrected chi connectivity index (χ4v) is 2.09. The Morgan fingerprint density at radius 3 is 2.71 bits per heavy atom. The number of nitrogens with one attached hydrogen (secondary N) is 2. The lowest BCUT2D eigenvalue weighted by atomic mass is 10.0. The minimum absolute atomic E-state index is 0.235. The summed E-state index contributed by atoms with van der Waals surface area (Å²) in [5.41, 5.74) is 2.91. The lowest BCUT2D eigenvalue weighted by Gasteiger charge is -2.17. The Hall–Kier alpha value is -2.50. The standard InChI is InChI=1S/C15H17FN4O/c1-9-8-12(16)4-5-13(9)10(2)18-15(21)19-14-6-7-17-20-11(14)3/h4-8,10H,1-3H3,(H2,17,18,19,21)/t10-/m0/s1. The first-order valence-corrected chi connectivity index (χ1v) is 6.59. The smallest absolute Gasteiger partial charge is 0.319 e. The highest BCUT2D eigenvalue weighted by Crippen LogP contribution is 2.18. The van der Waals surface area contributed by atoms with Gasteiger partial charge in [0.05, 0.1) is 23.6 Å². The zero-order valence-corrected chi connectivity index (χ0v) is 12.1. The van der Waals surface area contributed by atoms with Gasteiger partial charge in [-0.05, 0) is 50.1 Å². The molecule has 6 heteroatoms. The van der Waals surface area contributed by atoms with Crippen LogP contribution in [0.15, 0.2) is 30.5 Å². The molecular formula is C15H17FN4O. The molecule has 0 spiro atoms. The Balaban J connectivity index is 2.04. The van der Waals surface area contributed by atoms with Gasteiger partial charge in [-0.3, -0.25) is 0 Å². The molecule has 0 aliphatic heterocycles. The molecule has 110 valence electrons. The fourth-order valence-electron chi connectivity index (χ4n) is 2.09. The van der Waals surface area contributed by atoms with Gasteiger partial charge in [0.2, 0.25) is 0 Å². The van der Waals surface area contributed by atoms with Crippen LogP contribution in [0, 0.1) is 19.7 Å². The van der Waals surface area contributed by atoms with E-state index in [0.717, 1.165) is 11.1 Å². The molecule has 0 fully saturated rings. The summed E-state index contributed by atoms with van der Waals surface area (Å²) in [6.07, 6.45) is 1.51. The van der Waals surface area contributed by atoms with Crippen molar-refractivity contribution < 1.29 is 9.18 Å². The van der Waals surface area contributed by atoms with Gasteiger partial charge in [-0.1, -0.05) is 6.07 Å². The first-order chi connectivity index (χ1) is 9.97. The molecule has 1 atom stereocenters. The van der Waals surface area contributed by atoms with Gasteiger partial charge in [0.15, 0.2) is 0 Å². The number of aryl methyl sites for hydroxylation is 2. The van der Waals surface area contributed by atoms with E-state index in [1.165, 1.54) is 18.3 Å². The summed E-state index contributed by atoms with van der Waals surface area (Å²) in [5.74, 6) is -0.286. The van der Waals surface area contributed by atoms with E-state index >= 15 is 0 Å². The van der Waals surface area contributed by atoms with E-state index in [0.29, 0.717) is 11.4 Å². The van der Waals surface area contributed by atoms with Crippen molar-refractivity contribution in [3.8, 4) is 0 Å². The molecule has 0 saturated heterocycles. The van der Waals surface area contributed by atoms with Crippen molar-refractivity contribution in [2.75, 3.05) is 5.32 Å². The summed E-state index contributed by atoms with van der Waals surface area (Å²) in [7, 11) is 0. The van der Waals surface area contributed by atoms with Gasteiger partial charge in [-0.15, -0.1) is 0 Å². The van der Waals surface area contributed by atoms with Crippen LogP contribution in [-0.4, -0.2) is 16.2 Å².